The first-order valence-electron chi connectivity index (χ1n) is 7.07. The van der Waals surface area contributed by atoms with Gasteiger partial charge in [-0.2, -0.15) is 0 Å². The Hall–Kier alpha value is -2.16. The van der Waals surface area contributed by atoms with Gasteiger partial charge in [0.2, 0.25) is 0 Å². The number of carbonyl (C=O) groups excluding carboxylic acids is 1. The largest absolute Gasteiger partial charge is 0.294 e. The predicted octanol–water partition coefficient (Wildman–Crippen LogP) is 5.93. The average Bonchev–Trinajstić information content (AvgIpc) is 2.56. The van der Waals surface area contributed by atoms with Crippen molar-refractivity contribution in [3.05, 3.63) is 76.4 Å². The lowest BCUT2D eigenvalue weighted by atomic mass is 9.97. The predicted molar refractivity (Wildman–Crippen MR) is 95.1 cm³/mol. The summed E-state index contributed by atoms with van der Waals surface area (Å²) in [5.74, 6) is -0.0182. The zero-order valence-corrected chi connectivity index (χ0v) is 13.9. The lowest BCUT2D eigenvalue weighted by molar-refractivity contribution is 0.101. The van der Waals surface area contributed by atoms with Gasteiger partial charge >= 0.3 is 0 Å². The topological polar surface area (TPSA) is 30.0 Å². The van der Waals surface area contributed by atoms with E-state index < -0.39 is 0 Å². The van der Waals surface area contributed by atoms with Crippen molar-refractivity contribution in [1.82, 2.24) is 4.98 Å². The van der Waals surface area contributed by atoms with Crippen LogP contribution in [-0.2, 0) is 0 Å². The van der Waals surface area contributed by atoms with Gasteiger partial charge in [-0.3, -0.25) is 9.78 Å². The molecule has 1 aromatic heterocycles. The van der Waals surface area contributed by atoms with Crippen molar-refractivity contribution in [1.29, 1.82) is 0 Å². The van der Waals surface area contributed by atoms with Gasteiger partial charge < -0.3 is 0 Å². The second-order valence-electron chi connectivity index (χ2n) is 5.19. The van der Waals surface area contributed by atoms with Gasteiger partial charge in [-0.05, 0) is 42.8 Å². The van der Waals surface area contributed by atoms with Crippen LogP contribution in [0.1, 0.15) is 17.3 Å². The van der Waals surface area contributed by atoms with Crippen molar-refractivity contribution in [2.45, 2.75) is 6.92 Å². The van der Waals surface area contributed by atoms with E-state index in [4.69, 9.17) is 23.2 Å². The van der Waals surface area contributed by atoms with Crippen molar-refractivity contribution in [3.63, 3.8) is 0 Å². The molecule has 0 saturated heterocycles. The number of benzene rings is 2. The number of hydrogen-bond donors (Lipinski definition) is 0. The molecule has 0 fully saturated rings. The van der Waals surface area contributed by atoms with Gasteiger partial charge in [-0.1, -0.05) is 47.5 Å². The highest BCUT2D eigenvalue weighted by Crippen LogP contribution is 2.32. The van der Waals surface area contributed by atoms with E-state index in [0.717, 1.165) is 22.4 Å². The minimum absolute atomic E-state index is 0.0182. The molecule has 0 amide bonds. The summed E-state index contributed by atoms with van der Waals surface area (Å²) in [6.07, 6.45) is 1.60. The number of rotatable bonds is 3. The Bertz CT molecular complexity index is 856. The van der Waals surface area contributed by atoms with E-state index >= 15 is 0 Å². The maximum atomic E-state index is 11.7. The second kappa shape index (κ2) is 6.53. The molecular formula is C19H13Cl2NO. The third-order valence-electron chi connectivity index (χ3n) is 3.57. The van der Waals surface area contributed by atoms with Crippen LogP contribution >= 0.6 is 23.2 Å². The molecule has 0 radical (unpaired) electrons. The maximum absolute atomic E-state index is 11.7. The van der Waals surface area contributed by atoms with E-state index in [-0.39, 0.29) is 5.78 Å². The molecule has 3 rings (SSSR count). The van der Waals surface area contributed by atoms with Crippen molar-refractivity contribution >= 4 is 29.0 Å². The number of pyridine rings is 1. The molecule has 1 heterocycles. The number of carbonyl (C=O) groups is 1. The first kappa shape index (κ1) is 15.7. The van der Waals surface area contributed by atoms with E-state index in [2.05, 4.69) is 4.98 Å². The molecule has 0 atom stereocenters. The lowest BCUT2D eigenvalue weighted by Crippen LogP contribution is -1.97. The van der Waals surface area contributed by atoms with Gasteiger partial charge in [0.05, 0.1) is 5.69 Å². The minimum Gasteiger partial charge on any atom is -0.294 e. The molecule has 2 aromatic carbocycles. The van der Waals surface area contributed by atoms with Gasteiger partial charge in [0.1, 0.15) is 0 Å². The summed E-state index contributed by atoms with van der Waals surface area (Å²) in [6.45, 7) is 1.53. The van der Waals surface area contributed by atoms with Crippen LogP contribution in [0.2, 0.25) is 10.0 Å². The number of halogens is 2. The van der Waals surface area contributed by atoms with Crippen LogP contribution in [0.3, 0.4) is 0 Å². The van der Waals surface area contributed by atoms with E-state index in [1.54, 1.807) is 6.20 Å². The molecule has 0 saturated carbocycles. The fourth-order valence-electron chi connectivity index (χ4n) is 2.34. The Labute approximate surface area is 144 Å². The van der Waals surface area contributed by atoms with E-state index in [0.29, 0.717) is 15.6 Å². The molecule has 2 nitrogen and oxygen atoms in total. The summed E-state index contributed by atoms with van der Waals surface area (Å²) < 4.78 is 0. The molecule has 23 heavy (non-hydrogen) atoms. The number of hydrogen-bond acceptors (Lipinski definition) is 2. The summed E-state index contributed by atoms with van der Waals surface area (Å²) in [4.78, 5) is 16.2. The van der Waals surface area contributed by atoms with E-state index in [1.165, 1.54) is 6.92 Å². The normalized spacial score (nSPS) is 10.6. The zero-order chi connectivity index (χ0) is 16.4. The highest BCUT2D eigenvalue weighted by atomic mass is 35.5. The second-order valence-corrected chi connectivity index (χ2v) is 6.06. The molecule has 3 aromatic rings. The molecule has 0 N–H and O–H groups in total. The molecule has 4 heteroatoms. The number of ketones is 1. The van der Waals surface area contributed by atoms with Crippen LogP contribution < -0.4 is 0 Å². The van der Waals surface area contributed by atoms with Gasteiger partial charge in [-0.25, -0.2) is 0 Å². The molecule has 0 spiro atoms. The Morgan fingerprint density at radius 1 is 0.870 bits per heavy atom. The standard InChI is InChI=1S/C19H13Cl2NO/c1-12(23)15-10-18(13-2-6-16(20)7-3-13)19(22-11-15)14-4-8-17(21)9-5-14/h2-11H,1H3. The smallest absolute Gasteiger partial charge is 0.161 e. The third-order valence-corrected chi connectivity index (χ3v) is 4.07. The Morgan fingerprint density at radius 3 is 1.91 bits per heavy atom. The SMILES string of the molecule is CC(=O)c1cnc(-c2ccc(Cl)cc2)c(-c2ccc(Cl)cc2)c1. The highest BCUT2D eigenvalue weighted by Gasteiger charge is 2.12. The van der Waals surface area contributed by atoms with Crippen LogP contribution in [0.4, 0.5) is 0 Å². The average molecular weight is 342 g/mol. The van der Waals surface area contributed by atoms with Crippen LogP contribution in [-0.4, -0.2) is 10.8 Å². The third kappa shape index (κ3) is 3.44. The van der Waals surface area contributed by atoms with Crippen molar-refractivity contribution in [2.24, 2.45) is 0 Å². The summed E-state index contributed by atoms with van der Waals surface area (Å²) in [5.41, 5.74) is 4.16. The number of nitrogens with zero attached hydrogens (tertiary/aromatic N) is 1. The molecular weight excluding hydrogens is 329 g/mol. The Balaban J connectivity index is 2.20. The molecule has 114 valence electrons. The first-order valence-corrected chi connectivity index (χ1v) is 7.83. The van der Waals surface area contributed by atoms with Crippen LogP contribution in [0, 0.1) is 0 Å². The Morgan fingerprint density at radius 2 is 1.39 bits per heavy atom. The van der Waals surface area contributed by atoms with Gasteiger partial charge in [0.15, 0.2) is 5.78 Å². The van der Waals surface area contributed by atoms with Crippen LogP contribution in [0.25, 0.3) is 22.4 Å². The fourth-order valence-corrected chi connectivity index (χ4v) is 2.60. The number of Topliss-reactive ketones (excluding diaryl/α,β-unsaturated/α-hetero) is 1. The first-order chi connectivity index (χ1) is 11.0. The van der Waals surface area contributed by atoms with Gasteiger partial charge in [-0.15, -0.1) is 0 Å². The van der Waals surface area contributed by atoms with E-state index in [9.17, 15) is 4.79 Å². The zero-order valence-electron chi connectivity index (χ0n) is 12.4. The van der Waals surface area contributed by atoms with Crippen LogP contribution in [0.5, 0.6) is 0 Å². The molecule has 0 unspecified atom stereocenters. The highest BCUT2D eigenvalue weighted by molar-refractivity contribution is 6.31. The summed E-state index contributed by atoms with van der Waals surface area (Å²) in [7, 11) is 0. The van der Waals surface area contributed by atoms with Crippen LogP contribution in [0.15, 0.2) is 60.8 Å². The molecule has 0 aliphatic rings. The van der Waals surface area contributed by atoms with Gasteiger partial charge in [0, 0.05) is 32.9 Å². The lowest BCUT2D eigenvalue weighted by Gasteiger charge is -2.11. The quantitative estimate of drug-likeness (QED) is 0.553. The maximum Gasteiger partial charge on any atom is 0.161 e. The fraction of sp³-hybridized carbons (Fsp3) is 0.0526. The van der Waals surface area contributed by atoms with E-state index in [1.807, 2.05) is 54.6 Å². The monoisotopic (exact) mass is 341 g/mol. The molecule has 0 aliphatic heterocycles. The van der Waals surface area contributed by atoms with Crippen molar-refractivity contribution in [3.8, 4) is 22.4 Å². The summed E-state index contributed by atoms with van der Waals surface area (Å²) >= 11 is 11.9. The Kier molecular flexibility index (Phi) is 4.46. The molecule has 0 bridgehead atoms. The summed E-state index contributed by atoms with van der Waals surface area (Å²) in [5, 5.41) is 1.33. The van der Waals surface area contributed by atoms with Gasteiger partial charge in [0.25, 0.3) is 0 Å². The summed E-state index contributed by atoms with van der Waals surface area (Å²) in [6, 6.07) is 16.8. The number of aromatic nitrogens is 1. The van der Waals surface area contributed by atoms with Crippen molar-refractivity contribution in [2.75, 3.05) is 0 Å². The minimum atomic E-state index is -0.0182. The van der Waals surface area contributed by atoms with Crippen molar-refractivity contribution < 1.29 is 4.79 Å². The molecule has 0 aliphatic carbocycles.